The minimum absolute atomic E-state index is 0.00122. The Hall–Kier alpha value is -1.55. The minimum atomic E-state index is -0.407. The predicted octanol–water partition coefficient (Wildman–Crippen LogP) is 2.34. The van der Waals surface area contributed by atoms with Crippen LogP contribution in [0.4, 0.5) is 0 Å². The van der Waals surface area contributed by atoms with Gasteiger partial charge < -0.3 is 15.4 Å². The Morgan fingerprint density at radius 2 is 1.95 bits per heavy atom. The molecule has 0 saturated heterocycles. The fraction of sp³-hybridized carbons (Fsp3) is 0.533. The van der Waals surface area contributed by atoms with E-state index in [1.54, 1.807) is 19.1 Å². The standard InChI is InChI=1S/C15H24N2O2/c1-5-6-14(16)15(18)17(3)11(2)12-7-9-13(19-4)10-8-12/h7-11,14H,5-6,16H2,1-4H3. The maximum absolute atomic E-state index is 12.1. The van der Waals surface area contributed by atoms with Crippen molar-refractivity contribution in [1.82, 2.24) is 4.90 Å². The van der Waals surface area contributed by atoms with E-state index >= 15 is 0 Å². The minimum Gasteiger partial charge on any atom is -0.497 e. The number of benzene rings is 1. The Morgan fingerprint density at radius 3 is 2.42 bits per heavy atom. The zero-order valence-corrected chi connectivity index (χ0v) is 12.2. The summed E-state index contributed by atoms with van der Waals surface area (Å²) >= 11 is 0. The summed E-state index contributed by atoms with van der Waals surface area (Å²) in [7, 11) is 3.44. The van der Waals surface area contributed by atoms with Gasteiger partial charge in [0.1, 0.15) is 5.75 Å². The van der Waals surface area contributed by atoms with E-state index in [-0.39, 0.29) is 11.9 Å². The van der Waals surface area contributed by atoms with Crippen LogP contribution in [0.3, 0.4) is 0 Å². The molecule has 2 unspecified atom stereocenters. The molecule has 0 fully saturated rings. The number of ether oxygens (including phenoxy) is 1. The largest absolute Gasteiger partial charge is 0.497 e. The van der Waals surface area contributed by atoms with E-state index in [1.165, 1.54) is 0 Å². The zero-order valence-electron chi connectivity index (χ0n) is 12.2. The van der Waals surface area contributed by atoms with Crippen molar-refractivity contribution in [1.29, 1.82) is 0 Å². The highest BCUT2D eigenvalue weighted by atomic mass is 16.5. The van der Waals surface area contributed by atoms with Gasteiger partial charge in [-0.05, 0) is 31.0 Å². The van der Waals surface area contributed by atoms with E-state index in [9.17, 15) is 4.79 Å². The molecule has 0 radical (unpaired) electrons. The second-order valence-corrected chi connectivity index (χ2v) is 4.79. The highest BCUT2D eigenvalue weighted by molar-refractivity contribution is 5.81. The number of carbonyl (C=O) groups is 1. The maximum Gasteiger partial charge on any atom is 0.239 e. The van der Waals surface area contributed by atoms with Crippen LogP contribution in [0.1, 0.15) is 38.3 Å². The first-order valence-corrected chi connectivity index (χ1v) is 6.67. The quantitative estimate of drug-likeness (QED) is 0.858. The molecule has 1 rings (SSSR count). The number of hydrogen-bond acceptors (Lipinski definition) is 3. The molecule has 2 N–H and O–H groups in total. The zero-order chi connectivity index (χ0) is 14.4. The highest BCUT2D eigenvalue weighted by Gasteiger charge is 2.22. The van der Waals surface area contributed by atoms with Crippen LogP contribution in [-0.2, 0) is 4.79 Å². The molecule has 0 aromatic heterocycles. The lowest BCUT2D eigenvalue weighted by Crippen LogP contribution is -2.42. The number of carbonyl (C=O) groups excluding carboxylic acids is 1. The number of rotatable bonds is 6. The molecule has 0 aliphatic heterocycles. The molecule has 0 bridgehead atoms. The van der Waals surface area contributed by atoms with Gasteiger partial charge in [0.05, 0.1) is 19.2 Å². The third-order valence-electron chi connectivity index (χ3n) is 3.44. The highest BCUT2D eigenvalue weighted by Crippen LogP contribution is 2.22. The third kappa shape index (κ3) is 3.96. The lowest BCUT2D eigenvalue weighted by Gasteiger charge is -2.28. The van der Waals surface area contributed by atoms with E-state index in [4.69, 9.17) is 10.5 Å². The molecule has 4 heteroatoms. The Morgan fingerprint density at radius 1 is 1.37 bits per heavy atom. The van der Waals surface area contributed by atoms with Crippen molar-refractivity contribution >= 4 is 5.91 Å². The Bertz CT molecular complexity index is 403. The number of methoxy groups -OCH3 is 1. The average Bonchev–Trinajstić information content (AvgIpc) is 2.45. The normalized spacial score (nSPS) is 13.7. The Kier molecular flexibility index (Phi) is 5.83. The summed E-state index contributed by atoms with van der Waals surface area (Å²) in [6.45, 7) is 4.03. The van der Waals surface area contributed by atoms with Gasteiger partial charge in [-0.3, -0.25) is 4.79 Å². The number of hydrogen-bond donors (Lipinski definition) is 1. The fourth-order valence-corrected chi connectivity index (χ4v) is 1.99. The van der Waals surface area contributed by atoms with Gasteiger partial charge in [-0.25, -0.2) is 0 Å². The first-order chi connectivity index (χ1) is 9.01. The van der Waals surface area contributed by atoms with Gasteiger partial charge in [-0.15, -0.1) is 0 Å². The molecular weight excluding hydrogens is 240 g/mol. The maximum atomic E-state index is 12.1. The summed E-state index contributed by atoms with van der Waals surface area (Å²) in [4.78, 5) is 13.9. The number of nitrogens with zero attached hydrogens (tertiary/aromatic N) is 1. The molecule has 1 aromatic rings. The lowest BCUT2D eigenvalue weighted by molar-refractivity contribution is -0.133. The van der Waals surface area contributed by atoms with Crippen molar-refractivity contribution in [3.05, 3.63) is 29.8 Å². The SMILES string of the molecule is CCCC(N)C(=O)N(C)C(C)c1ccc(OC)cc1. The van der Waals surface area contributed by atoms with Crippen LogP contribution in [0.5, 0.6) is 5.75 Å². The van der Waals surface area contributed by atoms with Gasteiger partial charge in [0.15, 0.2) is 0 Å². The van der Waals surface area contributed by atoms with Gasteiger partial charge in [0.25, 0.3) is 0 Å². The summed E-state index contributed by atoms with van der Waals surface area (Å²) < 4.78 is 5.13. The second kappa shape index (κ2) is 7.14. The van der Waals surface area contributed by atoms with E-state index in [2.05, 4.69) is 0 Å². The van der Waals surface area contributed by atoms with Gasteiger partial charge in [-0.2, -0.15) is 0 Å². The molecule has 106 valence electrons. The molecule has 1 amide bonds. The smallest absolute Gasteiger partial charge is 0.239 e. The number of amides is 1. The molecule has 0 aliphatic carbocycles. The third-order valence-corrected chi connectivity index (χ3v) is 3.44. The van der Waals surface area contributed by atoms with Crippen molar-refractivity contribution in [2.75, 3.05) is 14.2 Å². The molecule has 1 aromatic carbocycles. The van der Waals surface area contributed by atoms with E-state index < -0.39 is 6.04 Å². The molecule has 2 atom stereocenters. The molecule has 4 nitrogen and oxygen atoms in total. The summed E-state index contributed by atoms with van der Waals surface area (Å²) in [5.74, 6) is 0.804. The van der Waals surface area contributed by atoms with Gasteiger partial charge >= 0.3 is 0 Å². The van der Waals surface area contributed by atoms with Gasteiger partial charge in [0.2, 0.25) is 5.91 Å². The first kappa shape index (κ1) is 15.5. The van der Waals surface area contributed by atoms with Gasteiger partial charge in [-0.1, -0.05) is 25.5 Å². The summed E-state index contributed by atoms with van der Waals surface area (Å²) in [5.41, 5.74) is 6.95. The number of likely N-dealkylation sites (N-methyl/N-ethyl adjacent to an activating group) is 1. The topological polar surface area (TPSA) is 55.6 Å². The summed E-state index contributed by atoms with van der Waals surface area (Å²) in [6, 6.07) is 7.33. The van der Waals surface area contributed by atoms with Crippen LogP contribution in [-0.4, -0.2) is 31.0 Å². The Balaban J connectivity index is 2.74. The molecular formula is C15H24N2O2. The van der Waals surface area contributed by atoms with Crippen molar-refractivity contribution in [2.24, 2.45) is 5.73 Å². The van der Waals surface area contributed by atoms with E-state index in [0.29, 0.717) is 0 Å². The Labute approximate surface area is 115 Å². The first-order valence-electron chi connectivity index (χ1n) is 6.67. The molecule has 19 heavy (non-hydrogen) atoms. The van der Waals surface area contributed by atoms with Crippen LogP contribution >= 0.6 is 0 Å². The molecule has 0 aliphatic rings. The van der Waals surface area contributed by atoms with Crippen molar-refractivity contribution < 1.29 is 9.53 Å². The monoisotopic (exact) mass is 264 g/mol. The summed E-state index contributed by atoms with van der Waals surface area (Å²) in [6.07, 6.45) is 1.64. The number of nitrogens with two attached hydrogens (primary N) is 1. The molecule has 0 heterocycles. The van der Waals surface area contributed by atoms with E-state index in [1.807, 2.05) is 38.1 Å². The van der Waals surface area contributed by atoms with Gasteiger partial charge in [0, 0.05) is 7.05 Å². The van der Waals surface area contributed by atoms with Crippen LogP contribution in [0.2, 0.25) is 0 Å². The molecule has 0 spiro atoms. The fourth-order valence-electron chi connectivity index (χ4n) is 1.99. The van der Waals surface area contributed by atoms with Crippen molar-refractivity contribution in [3.8, 4) is 5.75 Å². The predicted molar refractivity (Wildman–Crippen MR) is 77.1 cm³/mol. The van der Waals surface area contributed by atoms with Crippen LogP contribution < -0.4 is 10.5 Å². The second-order valence-electron chi connectivity index (χ2n) is 4.79. The van der Waals surface area contributed by atoms with Crippen LogP contribution in [0.15, 0.2) is 24.3 Å². The van der Waals surface area contributed by atoms with Crippen LogP contribution in [0.25, 0.3) is 0 Å². The average molecular weight is 264 g/mol. The van der Waals surface area contributed by atoms with E-state index in [0.717, 1.165) is 24.2 Å². The summed E-state index contributed by atoms with van der Waals surface area (Å²) in [5, 5.41) is 0. The molecule has 0 saturated carbocycles. The van der Waals surface area contributed by atoms with Crippen molar-refractivity contribution in [3.63, 3.8) is 0 Å². The lowest BCUT2D eigenvalue weighted by atomic mass is 10.1. The van der Waals surface area contributed by atoms with Crippen LogP contribution in [0, 0.1) is 0 Å². The van der Waals surface area contributed by atoms with Crippen molar-refractivity contribution in [2.45, 2.75) is 38.8 Å².